The highest BCUT2D eigenvalue weighted by Gasteiger charge is 2.22. The van der Waals surface area contributed by atoms with Crippen LogP contribution < -0.4 is 5.32 Å². The van der Waals surface area contributed by atoms with Crippen molar-refractivity contribution in [1.29, 1.82) is 0 Å². The molecule has 35 heavy (non-hydrogen) atoms. The molecule has 4 aromatic rings. The van der Waals surface area contributed by atoms with Gasteiger partial charge >= 0.3 is 5.97 Å². The van der Waals surface area contributed by atoms with Gasteiger partial charge in [-0.05, 0) is 48.2 Å². The van der Waals surface area contributed by atoms with Crippen LogP contribution in [0.3, 0.4) is 0 Å². The zero-order chi connectivity index (χ0) is 24.9. The first-order valence-corrected chi connectivity index (χ1v) is 11.4. The molecule has 0 atom stereocenters. The monoisotopic (exact) mass is 474 g/mol. The molecule has 0 aliphatic rings. The lowest BCUT2D eigenvalue weighted by molar-refractivity contribution is -0.136. The fraction of sp³-hybridized carbons (Fsp3) is 0.179. The minimum Gasteiger partial charge on any atom is -0.481 e. The SMILES string of the molecule is CCCNC(=O)c1c(CCC(=O)O)c(-c2ccc(-c3ccccc3F)cc2)nc2ccc(F)cc12. The summed E-state index contributed by atoms with van der Waals surface area (Å²) in [5.74, 6) is -2.29. The molecular formula is C28H24F2N2O3. The third kappa shape index (κ3) is 5.19. The highest BCUT2D eigenvalue weighted by molar-refractivity contribution is 6.09. The van der Waals surface area contributed by atoms with Gasteiger partial charge in [0.1, 0.15) is 11.6 Å². The van der Waals surface area contributed by atoms with E-state index in [4.69, 9.17) is 4.98 Å². The van der Waals surface area contributed by atoms with Crippen molar-refractivity contribution in [3.8, 4) is 22.4 Å². The third-order valence-electron chi connectivity index (χ3n) is 5.74. The van der Waals surface area contributed by atoms with E-state index in [1.165, 1.54) is 24.3 Å². The first-order chi connectivity index (χ1) is 16.9. The molecule has 4 rings (SSSR count). The maximum atomic E-state index is 14.2. The van der Waals surface area contributed by atoms with E-state index in [-0.39, 0.29) is 24.2 Å². The van der Waals surface area contributed by atoms with Crippen LogP contribution in [0.25, 0.3) is 33.3 Å². The number of aromatic nitrogens is 1. The van der Waals surface area contributed by atoms with Gasteiger partial charge in [0.25, 0.3) is 5.91 Å². The Labute approximate surface area is 201 Å². The van der Waals surface area contributed by atoms with E-state index in [2.05, 4.69) is 5.32 Å². The Morgan fingerprint density at radius 1 is 0.971 bits per heavy atom. The molecule has 0 bridgehead atoms. The fourth-order valence-electron chi connectivity index (χ4n) is 4.08. The van der Waals surface area contributed by atoms with Crippen LogP contribution in [0.15, 0.2) is 66.7 Å². The number of hydrogen-bond acceptors (Lipinski definition) is 3. The summed E-state index contributed by atoms with van der Waals surface area (Å²) in [5, 5.41) is 12.5. The summed E-state index contributed by atoms with van der Waals surface area (Å²) in [6, 6.07) is 17.5. The Hall–Kier alpha value is -4.13. The zero-order valence-electron chi connectivity index (χ0n) is 19.1. The molecule has 2 N–H and O–H groups in total. The number of halogens is 2. The number of aliphatic carboxylic acids is 1. The molecule has 1 aromatic heterocycles. The van der Waals surface area contributed by atoms with Crippen molar-refractivity contribution in [2.45, 2.75) is 26.2 Å². The smallest absolute Gasteiger partial charge is 0.303 e. The average Bonchev–Trinajstić information content (AvgIpc) is 2.85. The number of hydrogen-bond donors (Lipinski definition) is 2. The van der Waals surface area contributed by atoms with E-state index in [0.29, 0.717) is 51.8 Å². The first kappa shape index (κ1) is 24.0. The van der Waals surface area contributed by atoms with Gasteiger partial charge in [-0.15, -0.1) is 0 Å². The first-order valence-electron chi connectivity index (χ1n) is 11.4. The molecule has 3 aromatic carbocycles. The van der Waals surface area contributed by atoms with Crippen molar-refractivity contribution in [2.75, 3.05) is 6.54 Å². The molecule has 178 valence electrons. The number of carbonyl (C=O) groups is 2. The largest absolute Gasteiger partial charge is 0.481 e. The van der Waals surface area contributed by atoms with Gasteiger partial charge in [-0.25, -0.2) is 13.8 Å². The number of nitrogens with zero attached hydrogens (tertiary/aromatic N) is 1. The maximum absolute atomic E-state index is 14.2. The minimum atomic E-state index is -1.02. The molecule has 0 radical (unpaired) electrons. The fourth-order valence-corrected chi connectivity index (χ4v) is 4.08. The van der Waals surface area contributed by atoms with Gasteiger partial charge in [-0.1, -0.05) is 49.4 Å². The quantitative estimate of drug-likeness (QED) is 0.328. The summed E-state index contributed by atoms with van der Waals surface area (Å²) in [6.45, 7) is 2.33. The third-order valence-corrected chi connectivity index (χ3v) is 5.74. The summed E-state index contributed by atoms with van der Waals surface area (Å²) in [5.41, 5.74) is 3.26. The van der Waals surface area contributed by atoms with Crippen molar-refractivity contribution in [3.05, 3.63) is 89.5 Å². The van der Waals surface area contributed by atoms with Crippen LogP contribution >= 0.6 is 0 Å². The normalized spacial score (nSPS) is 10.9. The topological polar surface area (TPSA) is 79.3 Å². The highest BCUT2D eigenvalue weighted by atomic mass is 19.1. The number of benzene rings is 3. The molecule has 0 aliphatic heterocycles. The number of carbonyl (C=O) groups excluding carboxylic acids is 1. The molecule has 1 amide bonds. The number of rotatable bonds is 8. The number of carboxylic acid groups (broad SMARTS) is 1. The molecule has 7 heteroatoms. The van der Waals surface area contributed by atoms with Crippen LogP contribution in [-0.4, -0.2) is 28.5 Å². The van der Waals surface area contributed by atoms with Gasteiger partial charge in [-0.3, -0.25) is 9.59 Å². The Bertz CT molecular complexity index is 1400. The van der Waals surface area contributed by atoms with E-state index < -0.39 is 17.7 Å². The highest BCUT2D eigenvalue weighted by Crippen LogP contribution is 2.33. The average molecular weight is 475 g/mol. The number of carboxylic acids is 1. The molecule has 0 fully saturated rings. The summed E-state index contributed by atoms with van der Waals surface area (Å²) < 4.78 is 28.4. The van der Waals surface area contributed by atoms with Crippen LogP contribution in [0.2, 0.25) is 0 Å². The predicted octanol–water partition coefficient (Wildman–Crippen LogP) is 6.00. The molecule has 0 spiro atoms. The van der Waals surface area contributed by atoms with Crippen molar-refractivity contribution < 1.29 is 23.5 Å². The summed E-state index contributed by atoms with van der Waals surface area (Å²) in [4.78, 5) is 29.3. The second kappa shape index (κ2) is 10.4. The van der Waals surface area contributed by atoms with Gasteiger partial charge < -0.3 is 10.4 Å². The summed E-state index contributed by atoms with van der Waals surface area (Å²) in [7, 11) is 0. The summed E-state index contributed by atoms with van der Waals surface area (Å²) in [6.07, 6.45) is 0.517. The molecular weight excluding hydrogens is 450 g/mol. The van der Waals surface area contributed by atoms with E-state index in [9.17, 15) is 23.5 Å². The molecule has 0 saturated carbocycles. The van der Waals surface area contributed by atoms with Crippen LogP contribution in [0.4, 0.5) is 8.78 Å². The van der Waals surface area contributed by atoms with Crippen LogP contribution in [0.1, 0.15) is 35.7 Å². The molecule has 5 nitrogen and oxygen atoms in total. The zero-order valence-corrected chi connectivity index (χ0v) is 19.1. The van der Waals surface area contributed by atoms with Crippen molar-refractivity contribution in [3.63, 3.8) is 0 Å². The number of amides is 1. The predicted molar refractivity (Wildman–Crippen MR) is 131 cm³/mol. The van der Waals surface area contributed by atoms with Crippen LogP contribution in [0, 0.1) is 11.6 Å². The van der Waals surface area contributed by atoms with E-state index in [0.717, 1.165) is 0 Å². The lowest BCUT2D eigenvalue weighted by atomic mass is 9.92. The van der Waals surface area contributed by atoms with Crippen LogP contribution in [0.5, 0.6) is 0 Å². The molecule has 0 saturated heterocycles. The number of nitrogens with one attached hydrogen (secondary N) is 1. The van der Waals surface area contributed by atoms with E-state index in [1.807, 2.05) is 6.92 Å². The Morgan fingerprint density at radius 2 is 1.69 bits per heavy atom. The van der Waals surface area contributed by atoms with Gasteiger partial charge in [-0.2, -0.15) is 0 Å². The minimum absolute atomic E-state index is 0.0358. The second-order valence-corrected chi connectivity index (χ2v) is 8.18. The molecule has 0 unspecified atom stereocenters. The Balaban J connectivity index is 1.91. The number of fused-ring (bicyclic) bond motifs is 1. The second-order valence-electron chi connectivity index (χ2n) is 8.18. The number of pyridine rings is 1. The summed E-state index contributed by atoms with van der Waals surface area (Å²) >= 11 is 0. The molecule has 1 heterocycles. The van der Waals surface area contributed by atoms with Gasteiger partial charge in [0.05, 0.1) is 16.8 Å². The standard InChI is InChI=1S/C28H24F2N2O3/c1-2-15-31-28(35)26-21(12-14-25(33)34)27(32-24-13-11-19(29)16-22(24)26)18-9-7-17(8-10-18)20-5-3-4-6-23(20)30/h3-11,13,16H,2,12,14-15H2,1H3,(H,31,35)(H,33,34). The van der Waals surface area contributed by atoms with Gasteiger partial charge in [0.2, 0.25) is 0 Å². The molecule has 0 aliphatic carbocycles. The van der Waals surface area contributed by atoms with Gasteiger partial charge in [0, 0.05) is 29.5 Å². The van der Waals surface area contributed by atoms with Crippen LogP contribution in [-0.2, 0) is 11.2 Å². The Morgan fingerprint density at radius 3 is 2.37 bits per heavy atom. The van der Waals surface area contributed by atoms with Crippen molar-refractivity contribution in [2.24, 2.45) is 0 Å². The van der Waals surface area contributed by atoms with E-state index >= 15 is 0 Å². The lowest BCUT2D eigenvalue weighted by Gasteiger charge is -2.17. The van der Waals surface area contributed by atoms with Gasteiger partial charge in [0.15, 0.2) is 0 Å². The van der Waals surface area contributed by atoms with E-state index in [1.54, 1.807) is 42.5 Å². The maximum Gasteiger partial charge on any atom is 0.303 e. The van der Waals surface area contributed by atoms with Crippen molar-refractivity contribution >= 4 is 22.8 Å². The lowest BCUT2D eigenvalue weighted by Crippen LogP contribution is -2.26. The Kier molecular flexibility index (Phi) is 7.15. The van der Waals surface area contributed by atoms with Crippen molar-refractivity contribution in [1.82, 2.24) is 10.3 Å².